The maximum Gasteiger partial charge on any atom is 0.295 e. The van der Waals surface area contributed by atoms with Gasteiger partial charge in [-0.05, 0) is 13.3 Å². The molecule has 2 unspecified atom stereocenters. The summed E-state index contributed by atoms with van der Waals surface area (Å²) >= 11 is 6.82. The standard InChI is InChI=1S/C8H16ClN2O2PS/c1-3-4-15-14(13)10-7(2)6-11(14)8(12)5-9/h7H,3-6H2,1-2H3,(H,10,13). The fourth-order valence-corrected chi connectivity index (χ4v) is 6.81. The zero-order valence-corrected chi connectivity index (χ0v) is 11.4. The maximum atomic E-state index is 12.4. The topological polar surface area (TPSA) is 49.4 Å². The number of amides is 1. The number of alkyl halides is 1. The van der Waals surface area contributed by atoms with Crippen LogP contribution >= 0.6 is 29.6 Å². The number of hydrogen-bond acceptors (Lipinski definition) is 3. The highest BCUT2D eigenvalue weighted by Gasteiger charge is 2.42. The average molecular weight is 271 g/mol. The lowest BCUT2D eigenvalue weighted by molar-refractivity contribution is -0.123. The van der Waals surface area contributed by atoms with Crippen LogP contribution in [0.25, 0.3) is 0 Å². The predicted molar refractivity (Wildman–Crippen MR) is 65.4 cm³/mol. The van der Waals surface area contributed by atoms with Gasteiger partial charge in [0.2, 0.25) is 5.91 Å². The Morgan fingerprint density at radius 2 is 2.40 bits per heavy atom. The quantitative estimate of drug-likeness (QED) is 0.629. The van der Waals surface area contributed by atoms with Crippen LogP contribution in [0.5, 0.6) is 0 Å². The van der Waals surface area contributed by atoms with E-state index < -0.39 is 6.65 Å². The second kappa shape index (κ2) is 5.58. The van der Waals surface area contributed by atoms with E-state index in [0.29, 0.717) is 6.54 Å². The number of carbonyl (C=O) groups is 1. The molecule has 1 rings (SSSR count). The van der Waals surface area contributed by atoms with E-state index in [-0.39, 0.29) is 17.8 Å². The van der Waals surface area contributed by atoms with E-state index in [1.807, 2.05) is 13.8 Å². The fourth-order valence-electron chi connectivity index (χ4n) is 1.40. The van der Waals surface area contributed by atoms with Crippen LogP contribution in [-0.4, -0.2) is 34.8 Å². The highest BCUT2D eigenvalue weighted by atomic mass is 35.5. The molecule has 15 heavy (non-hydrogen) atoms. The molecule has 0 aromatic carbocycles. The van der Waals surface area contributed by atoms with E-state index in [1.165, 1.54) is 16.1 Å². The zero-order valence-electron chi connectivity index (χ0n) is 8.90. The molecule has 1 saturated heterocycles. The van der Waals surface area contributed by atoms with Crippen molar-refractivity contribution in [2.75, 3.05) is 18.2 Å². The summed E-state index contributed by atoms with van der Waals surface area (Å²) in [6.45, 7) is 1.66. The molecular weight excluding hydrogens is 255 g/mol. The molecule has 0 radical (unpaired) electrons. The second-order valence-corrected chi connectivity index (χ2v) is 8.47. The first-order chi connectivity index (χ1) is 7.03. The molecule has 1 heterocycles. The summed E-state index contributed by atoms with van der Waals surface area (Å²) < 4.78 is 13.8. The van der Waals surface area contributed by atoms with Crippen molar-refractivity contribution in [1.82, 2.24) is 9.76 Å². The SMILES string of the molecule is CCCSP1(=O)NC(C)CN1C(=O)CCl. The normalized spacial score (nSPS) is 30.9. The average Bonchev–Trinajstić information content (AvgIpc) is 2.50. The minimum absolute atomic E-state index is 0.0763. The third-order valence-corrected chi connectivity index (χ3v) is 7.48. The molecule has 1 aliphatic rings. The fraction of sp³-hybridized carbons (Fsp3) is 0.875. The summed E-state index contributed by atoms with van der Waals surface area (Å²) in [6, 6.07) is 0.0763. The third-order valence-electron chi connectivity index (χ3n) is 2.02. The summed E-state index contributed by atoms with van der Waals surface area (Å²) in [4.78, 5) is 11.5. The van der Waals surface area contributed by atoms with Crippen molar-refractivity contribution in [2.24, 2.45) is 0 Å². The van der Waals surface area contributed by atoms with Crippen LogP contribution < -0.4 is 5.09 Å². The lowest BCUT2D eigenvalue weighted by Crippen LogP contribution is -2.27. The van der Waals surface area contributed by atoms with Gasteiger partial charge in [0.15, 0.2) is 0 Å². The first-order valence-corrected chi connectivity index (χ1v) is 8.71. The number of hydrogen-bond donors (Lipinski definition) is 1. The van der Waals surface area contributed by atoms with E-state index in [9.17, 15) is 9.36 Å². The van der Waals surface area contributed by atoms with Crippen LogP contribution in [0.2, 0.25) is 0 Å². The zero-order chi connectivity index (χ0) is 11.5. The Labute approximate surface area is 99.3 Å². The maximum absolute atomic E-state index is 12.4. The van der Waals surface area contributed by atoms with Gasteiger partial charge < -0.3 is 0 Å². The molecule has 2 atom stereocenters. The van der Waals surface area contributed by atoms with Gasteiger partial charge in [-0.1, -0.05) is 18.3 Å². The number of nitrogens with zero attached hydrogens (tertiary/aromatic N) is 1. The summed E-state index contributed by atoms with van der Waals surface area (Å²) in [5.74, 6) is 0.425. The van der Waals surface area contributed by atoms with E-state index in [0.717, 1.165) is 12.2 Å². The molecule has 0 aliphatic carbocycles. The third kappa shape index (κ3) is 3.13. The summed E-state index contributed by atoms with van der Waals surface area (Å²) in [7, 11) is 0. The molecule has 7 heteroatoms. The predicted octanol–water partition coefficient (Wildman–Crippen LogP) is 2.30. The molecule has 0 aromatic rings. The molecule has 1 fully saturated rings. The number of carbonyl (C=O) groups excluding carboxylic acids is 1. The monoisotopic (exact) mass is 270 g/mol. The van der Waals surface area contributed by atoms with Crippen molar-refractivity contribution in [3.63, 3.8) is 0 Å². The van der Waals surface area contributed by atoms with Gasteiger partial charge in [0.25, 0.3) is 6.65 Å². The summed E-state index contributed by atoms with van der Waals surface area (Å²) in [6.07, 6.45) is 0.938. The van der Waals surface area contributed by atoms with Gasteiger partial charge >= 0.3 is 0 Å². The van der Waals surface area contributed by atoms with Crippen LogP contribution in [0.4, 0.5) is 0 Å². The van der Waals surface area contributed by atoms with Crippen molar-refractivity contribution < 1.29 is 9.36 Å². The van der Waals surface area contributed by atoms with Crippen LogP contribution in [0.3, 0.4) is 0 Å². The van der Waals surface area contributed by atoms with Gasteiger partial charge in [-0.25, -0.2) is 5.09 Å². The van der Waals surface area contributed by atoms with Crippen molar-refractivity contribution in [3.8, 4) is 0 Å². The highest BCUT2D eigenvalue weighted by Crippen LogP contribution is 2.61. The molecule has 0 aromatic heterocycles. The molecule has 0 spiro atoms. The Morgan fingerprint density at radius 1 is 1.73 bits per heavy atom. The van der Waals surface area contributed by atoms with E-state index in [4.69, 9.17) is 11.6 Å². The Morgan fingerprint density at radius 3 is 2.93 bits per heavy atom. The number of nitrogens with one attached hydrogen (secondary N) is 1. The van der Waals surface area contributed by atoms with Gasteiger partial charge in [-0.15, -0.1) is 11.6 Å². The van der Waals surface area contributed by atoms with Crippen molar-refractivity contribution in [2.45, 2.75) is 26.3 Å². The minimum atomic E-state index is -2.76. The van der Waals surface area contributed by atoms with Crippen LogP contribution in [0.15, 0.2) is 0 Å². The molecular formula is C8H16ClN2O2PS. The molecule has 1 N–H and O–H groups in total. The Balaban J connectivity index is 2.75. The van der Waals surface area contributed by atoms with Crippen molar-refractivity contribution in [3.05, 3.63) is 0 Å². The number of halogens is 1. The summed E-state index contributed by atoms with van der Waals surface area (Å²) in [5.41, 5.74) is 0. The van der Waals surface area contributed by atoms with Gasteiger partial charge in [0.05, 0.1) is 0 Å². The molecule has 88 valence electrons. The Hall–Kier alpha value is 0.300. The second-order valence-electron chi connectivity index (χ2n) is 3.49. The van der Waals surface area contributed by atoms with Crippen LogP contribution in [0, 0.1) is 0 Å². The van der Waals surface area contributed by atoms with E-state index in [2.05, 4.69) is 5.09 Å². The molecule has 4 nitrogen and oxygen atoms in total. The highest BCUT2D eigenvalue weighted by molar-refractivity contribution is 8.56. The van der Waals surface area contributed by atoms with Crippen LogP contribution in [0.1, 0.15) is 20.3 Å². The van der Waals surface area contributed by atoms with Gasteiger partial charge in [0, 0.05) is 18.3 Å². The Kier molecular flexibility index (Phi) is 4.97. The van der Waals surface area contributed by atoms with Gasteiger partial charge in [-0.3, -0.25) is 14.0 Å². The number of rotatable bonds is 4. The first-order valence-electron chi connectivity index (χ1n) is 4.92. The minimum Gasteiger partial charge on any atom is -0.273 e. The van der Waals surface area contributed by atoms with Crippen LogP contribution in [-0.2, 0) is 9.36 Å². The summed E-state index contributed by atoms with van der Waals surface area (Å²) in [5, 5.41) is 3.00. The lowest BCUT2D eigenvalue weighted by atomic mass is 10.4. The molecule has 1 amide bonds. The van der Waals surface area contributed by atoms with Crippen molar-refractivity contribution in [1.29, 1.82) is 0 Å². The van der Waals surface area contributed by atoms with E-state index in [1.54, 1.807) is 0 Å². The molecule has 0 bridgehead atoms. The largest absolute Gasteiger partial charge is 0.295 e. The molecule has 0 saturated carbocycles. The lowest BCUT2D eigenvalue weighted by Gasteiger charge is -2.22. The Bertz CT molecular complexity index is 290. The smallest absolute Gasteiger partial charge is 0.273 e. The van der Waals surface area contributed by atoms with E-state index >= 15 is 0 Å². The first kappa shape index (κ1) is 13.4. The molecule has 1 aliphatic heterocycles. The van der Waals surface area contributed by atoms with Gasteiger partial charge in [0.1, 0.15) is 5.88 Å². The van der Waals surface area contributed by atoms with Gasteiger partial charge in [-0.2, -0.15) is 0 Å². The van der Waals surface area contributed by atoms with Crippen molar-refractivity contribution >= 4 is 35.5 Å².